The standard InChI is InChI=1S/C28H40O10/c1-25-6-3-18-19(28(25,35)9-5-17(25)15-10-21(31)36-12-15)4-8-27(34)11-16(2-7-26(18,27)14-29)38-24-23(33)22(32)20(30)13-37-24/h10,14,16-20,22-24,30,32-35H,2-9,11-13H2,1H3/t16-,17+,18-,19+,20-,22+,23+,24-,25+,26-,27-,28-/m0/s1. The maximum atomic E-state index is 12.9. The predicted octanol–water partition coefficient (Wildman–Crippen LogP) is 0.362. The lowest BCUT2D eigenvalue weighted by Crippen LogP contribution is -2.69. The van der Waals surface area contributed by atoms with Gasteiger partial charge >= 0.3 is 5.97 Å². The SMILES string of the molecule is C[C@]12CC[C@H]3[C@@H](CC[C@]4(O)C[C@@H](O[C@@H]5OC[C@H](O)[C@@H](O)[C@H]5O)CC[C@]34C=O)[C@@]1(O)CC[C@@H]2C1=CC(=O)OC1. The van der Waals surface area contributed by atoms with Crippen LogP contribution in [0.15, 0.2) is 11.6 Å². The largest absolute Gasteiger partial charge is 0.458 e. The summed E-state index contributed by atoms with van der Waals surface area (Å²) in [5, 5.41) is 54.4. The molecule has 2 aliphatic heterocycles. The molecule has 5 N–H and O–H groups in total. The number of esters is 1. The second-order valence-electron chi connectivity index (χ2n) is 13.0. The number of aldehydes is 1. The minimum absolute atomic E-state index is 0.0489. The molecule has 0 amide bonds. The zero-order chi connectivity index (χ0) is 27.1. The van der Waals surface area contributed by atoms with E-state index in [1.165, 1.54) is 0 Å². The van der Waals surface area contributed by atoms with Gasteiger partial charge in [0, 0.05) is 17.9 Å². The van der Waals surface area contributed by atoms with Crippen molar-refractivity contribution in [2.75, 3.05) is 13.2 Å². The van der Waals surface area contributed by atoms with E-state index in [1.807, 2.05) is 0 Å². The summed E-state index contributed by atoms with van der Waals surface area (Å²) in [4.78, 5) is 24.7. The van der Waals surface area contributed by atoms with Gasteiger partial charge in [0.05, 0.1) is 29.3 Å². The highest BCUT2D eigenvalue weighted by atomic mass is 16.7. The molecule has 0 aromatic heterocycles. The fraction of sp³-hybridized carbons (Fsp3) is 0.857. The minimum Gasteiger partial charge on any atom is -0.458 e. The van der Waals surface area contributed by atoms with Crippen LogP contribution in [0.2, 0.25) is 0 Å². The van der Waals surface area contributed by atoms with Gasteiger partial charge in [-0.15, -0.1) is 0 Å². The number of carbonyl (C=O) groups is 2. The Morgan fingerprint density at radius 3 is 2.47 bits per heavy atom. The van der Waals surface area contributed by atoms with Crippen molar-refractivity contribution in [3.8, 4) is 0 Å². The third kappa shape index (κ3) is 3.57. The molecule has 0 spiro atoms. The van der Waals surface area contributed by atoms with Crippen molar-refractivity contribution >= 4 is 12.3 Å². The Bertz CT molecular complexity index is 1020. The van der Waals surface area contributed by atoms with Gasteiger partial charge in [-0.1, -0.05) is 6.92 Å². The molecule has 10 nitrogen and oxygen atoms in total. The topological polar surface area (TPSA) is 163 Å². The Kier molecular flexibility index (Phi) is 6.39. The van der Waals surface area contributed by atoms with Gasteiger partial charge in [-0.2, -0.15) is 0 Å². The van der Waals surface area contributed by atoms with Crippen LogP contribution in [0.25, 0.3) is 0 Å². The van der Waals surface area contributed by atoms with E-state index in [0.717, 1.165) is 18.3 Å². The lowest BCUT2D eigenvalue weighted by atomic mass is 9.41. The van der Waals surface area contributed by atoms with Crippen LogP contribution in [0.1, 0.15) is 64.7 Å². The van der Waals surface area contributed by atoms with E-state index in [2.05, 4.69) is 6.92 Å². The van der Waals surface area contributed by atoms with E-state index >= 15 is 0 Å². The van der Waals surface area contributed by atoms with Crippen LogP contribution < -0.4 is 0 Å². The first kappa shape index (κ1) is 26.8. The fourth-order valence-corrected chi connectivity index (χ4v) is 9.52. The first-order chi connectivity index (χ1) is 18.0. The molecule has 0 unspecified atom stereocenters. The molecule has 38 heavy (non-hydrogen) atoms. The monoisotopic (exact) mass is 536 g/mol. The van der Waals surface area contributed by atoms with Crippen LogP contribution in [0, 0.1) is 28.6 Å². The molecule has 0 aromatic rings. The average molecular weight is 537 g/mol. The summed E-state index contributed by atoms with van der Waals surface area (Å²) in [6, 6.07) is 0. The molecule has 212 valence electrons. The van der Waals surface area contributed by atoms with Crippen LogP contribution in [0.3, 0.4) is 0 Å². The smallest absolute Gasteiger partial charge is 0.331 e. The highest BCUT2D eigenvalue weighted by molar-refractivity contribution is 5.85. The molecule has 0 aromatic carbocycles. The number of rotatable bonds is 4. The number of carbonyl (C=O) groups excluding carboxylic acids is 2. The summed E-state index contributed by atoms with van der Waals surface area (Å²) in [6.07, 6.45) is 1.56. The van der Waals surface area contributed by atoms with Gasteiger partial charge in [0.25, 0.3) is 0 Å². The Labute approximate surface area is 222 Å². The average Bonchev–Trinajstić information content (AvgIpc) is 3.43. The molecule has 6 rings (SSSR count). The molecule has 0 radical (unpaired) electrons. The number of fused-ring (bicyclic) bond motifs is 5. The van der Waals surface area contributed by atoms with Gasteiger partial charge < -0.3 is 44.5 Å². The van der Waals surface area contributed by atoms with E-state index in [-0.39, 0.29) is 43.4 Å². The van der Waals surface area contributed by atoms with Crippen molar-refractivity contribution in [3.05, 3.63) is 11.6 Å². The van der Waals surface area contributed by atoms with Crippen LogP contribution in [-0.2, 0) is 23.8 Å². The van der Waals surface area contributed by atoms with Gasteiger partial charge in [-0.3, -0.25) is 0 Å². The van der Waals surface area contributed by atoms with Crippen molar-refractivity contribution in [1.29, 1.82) is 0 Å². The third-order valence-electron chi connectivity index (χ3n) is 11.6. The lowest BCUT2D eigenvalue weighted by molar-refractivity contribution is -0.301. The quantitative estimate of drug-likeness (QED) is 0.193. The summed E-state index contributed by atoms with van der Waals surface area (Å²) in [7, 11) is 0. The normalized spacial score (nSPS) is 54.4. The Morgan fingerprint density at radius 1 is 1.00 bits per heavy atom. The molecule has 12 atom stereocenters. The molecule has 10 heteroatoms. The minimum atomic E-state index is -1.42. The van der Waals surface area contributed by atoms with Crippen LogP contribution in [0.5, 0.6) is 0 Å². The van der Waals surface area contributed by atoms with Crippen molar-refractivity contribution in [2.24, 2.45) is 28.6 Å². The maximum absolute atomic E-state index is 12.9. The zero-order valence-corrected chi connectivity index (χ0v) is 21.8. The van der Waals surface area contributed by atoms with Crippen LogP contribution in [0.4, 0.5) is 0 Å². The van der Waals surface area contributed by atoms with Crippen molar-refractivity contribution in [2.45, 2.75) is 107 Å². The van der Waals surface area contributed by atoms with E-state index in [1.54, 1.807) is 6.08 Å². The van der Waals surface area contributed by atoms with Crippen molar-refractivity contribution in [1.82, 2.24) is 0 Å². The van der Waals surface area contributed by atoms with Gasteiger partial charge in [-0.25, -0.2) is 4.79 Å². The number of aliphatic hydroxyl groups excluding tert-OH is 3. The molecular weight excluding hydrogens is 496 g/mol. The third-order valence-corrected chi connectivity index (χ3v) is 11.6. The van der Waals surface area contributed by atoms with E-state index in [0.29, 0.717) is 44.9 Å². The summed E-state index contributed by atoms with van der Waals surface area (Å²) in [6.45, 7) is 2.22. The van der Waals surface area contributed by atoms with Crippen LogP contribution >= 0.6 is 0 Å². The number of hydrogen-bond donors (Lipinski definition) is 5. The Morgan fingerprint density at radius 2 is 1.76 bits per heavy atom. The van der Waals surface area contributed by atoms with Crippen LogP contribution in [-0.4, -0.2) is 92.9 Å². The summed E-state index contributed by atoms with van der Waals surface area (Å²) < 4.78 is 16.6. The maximum Gasteiger partial charge on any atom is 0.331 e. The lowest BCUT2D eigenvalue weighted by Gasteiger charge is -2.65. The second kappa shape index (κ2) is 9.06. The van der Waals surface area contributed by atoms with Crippen molar-refractivity contribution in [3.63, 3.8) is 0 Å². The molecule has 0 bridgehead atoms. The predicted molar refractivity (Wildman–Crippen MR) is 130 cm³/mol. The number of hydrogen-bond acceptors (Lipinski definition) is 10. The number of aliphatic hydroxyl groups is 5. The van der Waals surface area contributed by atoms with E-state index in [9.17, 15) is 35.1 Å². The Hall–Kier alpha value is -1.40. The second-order valence-corrected chi connectivity index (χ2v) is 13.0. The molecule has 1 saturated heterocycles. The number of cyclic esters (lactones) is 1. The van der Waals surface area contributed by atoms with E-state index < -0.39 is 52.7 Å². The summed E-state index contributed by atoms with van der Waals surface area (Å²) >= 11 is 0. The molecule has 6 aliphatic rings. The number of ether oxygens (including phenoxy) is 3. The molecule has 4 aliphatic carbocycles. The molecule has 2 heterocycles. The summed E-state index contributed by atoms with van der Waals surface area (Å²) in [5.74, 6) is -0.604. The Balaban J connectivity index is 1.22. The fourth-order valence-electron chi connectivity index (χ4n) is 9.52. The molecular formula is C28H40O10. The van der Waals surface area contributed by atoms with E-state index in [4.69, 9.17) is 14.2 Å². The molecule has 4 saturated carbocycles. The van der Waals surface area contributed by atoms with Gasteiger partial charge in [0.2, 0.25) is 0 Å². The molecule has 5 fully saturated rings. The van der Waals surface area contributed by atoms with Gasteiger partial charge in [-0.05, 0) is 74.7 Å². The van der Waals surface area contributed by atoms with Gasteiger partial charge in [0.15, 0.2) is 6.29 Å². The highest BCUT2D eigenvalue weighted by Gasteiger charge is 2.71. The first-order valence-electron chi connectivity index (χ1n) is 14.1. The van der Waals surface area contributed by atoms with Gasteiger partial charge in [0.1, 0.15) is 31.2 Å². The highest BCUT2D eigenvalue weighted by Crippen LogP contribution is 2.70. The van der Waals surface area contributed by atoms with Crippen molar-refractivity contribution < 1.29 is 49.3 Å². The zero-order valence-electron chi connectivity index (χ0n) is 21.8. The first-order valence-corrected chi connectivity index (χ1v) is 14.1. The summed E-state index contributed by atoms with van der Waals surface area (Å²) in [5.41, 5.74) is -2.83.